The Bertz CT molecular complexity index is 1940. The zero-order valence-electron chi connectivity index (χ0n) is 25.2. The lowest BCUT2D eigenvalue weighted by Gasteiger charge is -2.25. The average molecular weight is 629 g/mol. The van der Waals surface area contributed by atoms with Gasteiger partial charge in [-0.1, -0.05) is 41.7 Å². The fourth-order valence-corrected chi connectivity index (χ4v) is 6.01. The lowest BCUT2D eigenvalue weighted by atomic mass is 9.95. The monoisotopic (exact) mass is 628 g/mol. The van der Waals surface area contributed by atoms with Gasteiger partial charge in [-0.25, -0.2) is 14.6 Å². The molecular weight excluding hydrogens is 596 g/mol. The highest BCUT2D eigenvalue weighted by molar-refractivity contribution is 7.07. The van der Waals surface area contributed by atoms with Gasteiger partial charge in [0, 0.05) is 0 Å². The maximum Gasteiger partial charge on any atom is 0.338 e. The summed E-state index contributed by atoms with van der Waals surface area (Å²) in [4.78, 5) is 43.3. The van der Waals surface area contributed by atoms with E-state index < -0.39 is 18.0 Å². The van der Waals surface area contributed by atoms with Crippen molar-refractivity contribution in [3.8, 4) is 17.2 Å². The van der Waals surface area contributed by atoms with E-state index in [0.29, 0.717) is 44.4 Å². The van der Waals surface area contributed by atoms with Crippen LogP contribution in [0.4, 0.5) is 0 Å². The van der Waals surface area contributed by atoms with Gasteiger partial charge >= 0.3 is 11.9 Å². The third-order valence-corrected chi connectivity index (χ3v) is 8.09. The molecule has 3 aromatic carbocycles. The number of aromatic carboxylic acids is 1. The van der Waals surface area contributed by atoms with Crippen LogP contribution < -0.4 is 29.1 Å². The molecule has 1 aromatic heterocycles. The van der Waals surface area contributed by atoms with Crippen molar-refractivity contribution < 1.29 is 33.6 Å². The van der Waals surface area contributed by atoms with Gasteiger partial charge in [-0.15, -0.1) is 0 Å². The number of fused-ring (bicyclic) bond motifs is 1. The zero-order valence-corrected chi connectivity index (χ0v) is 26.1. The maximum absolute atomic E-state index is 14.0. The highest BCUT2D eigenvalue weighted by atomic mass is 32.1. The normalized spacial score (nSPS) is 14.4. The first-order chi connectivity index (χ1) is 21.7. The Labute approximate surface area is 263 Å². The van der Waals surface area contributed by atoms with Crippen LogP contribution in [0.15, 0.2) is 87.8 Å². The second kappa shape index (κ2) is 13.6. The third kappa shape index (κ3) is 6.68. The maximum atomic E-state index is 14.0. The molecule has 1 aliphatic heterocycles. The molecule has 11 heteroatoms. The molecule has 4 aromatic rings. The number of thiazole rings is 1. The van der Waals surface area contributed by atoms with Gasteiger partial charge in [-0.2, -0.15) is 0 Å². The molecule has 0 spiro atoms. The Morgan fingerprint density at radius 3 is 2.36 bits per heavy atom. The van der Waals surface area contributed by atoms with E-state index in [1.165, 1.54) is 28.0 Å². The molecule has 10 nitrogen and oxygen atoms in total. The Morgan fingerprint density at radius 1 is 0.978 bits per heavy atom. The van der Waals surface area contributed by atoms with Crippen LogP contribution >= 0.6 is 11.3 Å². The molecule has 0 unspecified atom stereocenters. The van der Waals surface area contributed by atoms with Gasteiger partial charge in [0.15, 0.2) is 16.3 Å². The molecule has 1 aliphatic rings. The summed E-state index contributed by atoms with van der Waals surface area (Å²) < 4.78 is 24.5. The summed E-state index contributed by atoms with van der Waals surface area (Å²) in [5, 5.41) is 9.07. The predicted molar refractivity (Wildman–Crippen MR) is 169 cm³/mol. The molecule has 232 valence electrons. The van der Waals surface area contributed by atoms with Gasteiger partial charge in [0.1, 0.15) is 12.4 Å². The number of carboxylic acid groups (broad SMARTS) is 1. The molecule has 5 rings (SSSR count). The van der Waals surface area contributed by atoms with Crippen LogP contribution in [0.5, 0.6) is 17.2 Å². The summed E-state index contributed by atoms with van der Waals surface area (Å²) in [5.74, 6) is 0.134. The fraction of sp³-hybridized carbons (Fsp3) is 0.235. The molecule has 0 saturated heterocycles. The van der Waals surface area contributed by atoms with Gasteiger partial charge in [0.05, 0.1) is 47.7 Å². The van der Waals surface area contributed by atoms with Crippen LogP contribution in [0.25, 0.3) is 6.08 Å². The number of hydrogen-bond donors (Lipinski definition) is 1. The number of aromatic nitrogens is 1. The van der Waals surface area contributed by atoms with Crippen LogP contribution in [0.3, 0.4) is 0 Å². The van der Waals surface area contributed by atoms with Crippen molar-refractivity contribution in [2.24, 2.45) is 4.99 Å². The number of rotatable bonds is 11. The van der Waals surface area contributed by atoms with E-state index in [1.54, 1.807) is 69.5 Å². The summed E-state index contributed by atoms with van der Waals surface area (Å²) in [6, 6.07) is 18.3. The molecule has 2 heterocycles. The number of benzene rings is 3. The zero-order chi connectivity index (χ0) is 32.1. The summed E-state index contributed by atoms with van der Waals surface area (Å²) in [6.07, 6.45) is 1.78. The first-order valence-electron chi connectivity index (χ1n) is 14.3. The van der Waals surface area contributed by atoms with E-state index in [2.05, 4.69) is 4.99 Å². The van der Waals surface area contributed by atoms with Gasteiger partial charge < -0.3 is 24.1 Å². The molecule has 0 fully saturated rings. The van der Waals surface area contributed by atoms with E-state index in [4.69, 9.17) is 24.1 Å². The molecule has 0 aliphatic carbocycles. The Kier molecular flexibility index (Phi) is 9.48. The van der Waals surface area contributed by atoms with E-state index in [1.807, 2.05) is 19.1 Å². The van der Waals surface area contributed by atoms with Crippen LogP contribution in [0.2, 0.25) is 0 Å². The minimum atomic E-state index is -0.980. The van der Waals surface area contributed by atoms with Crippen LogP contribution in [-0.4, -0.2) is 41.9 Å². The van der Waals surface area contributed by atoms with Crippen molar-refractivity contribution in [1.29, 1.82) is 0 Å². The second-order valence-corrected chi connectivity index (χ2v) is 11.0. The molecule has 0 amide bonds. The van der Waals surface area contributed by atoms with Crippen molar-refractivity contribution in [1.82, 2.24) is 4.57 Å². The van der Waals surface area contributed by atoms with Gasteiger partial charge in [0.25, 0.3) is 5.56 Å². The minimum absolute atomic E-state index is 0.177. The van der Waals surface area contributed by atoms with E-state index >= 15 is 0 Å². The minimum Gasteiger partial charge on any atom is -0.493 e. The van der Waals surface area contributed by atoms with Crippen molar-refractivity contribution in [3.05, 3.63) is 120 Å². The number of carbonyl (C=O) groups excluding carboxylic acids is 1. The van der Waals surface area contributed by atoms with Crippen molar-refractivity contribution in [2.45, 2.75) is 33.4 Å². The highest BCUT2D eigenvalue weighted by Crippen LogP contribution is 2.36. The Balaban J connectivity index is 1.48. The average Bonchev–Trinajstić information content (AvgIpc) is 3.34. The molecule has 0 saturated carbocycles. The number of hydrogen-bond acceptors (Lipinski definition) is 9. The van der Waals surface area contributed by atoms with Crippen molar-refractivity contribution in [2.75, 3.05) is 20.3 Å². The van der Waals surface area contributed by atoms with Crippen molar-refractivity contribution >= 4 is 29.4 Å². The molecule has 0 bridgehead atoms. The van der Waals surface area contributed by atoms with E-state index in [-0.39, 0.29) is 29.9 Å². The second-order valence-electron chi connectivity index (χ2n) is 10.0. The number of methoxy groups -OCH3 is 1. The largest absolute Gasteiger partial charge is 0.493 e. The van der Waals surface area contributed by atoms with Gasteiger partial charge in [0.2, 0.25) is 0 Å². The standard InChI is InChI=1S/C34H32N2O8S/c1-5-42-27-18-24(13-16-26(27)41-4)30-29(33(40)43-6-2)20(3)35-34-36(30)31(37)28(45-34)17-21-9-14-25(15-10-21)44-19-22-7-11-23(12-8-22)32(38)39/h7-18,30H,5-6,19H2,1-4H3,(H,38,39)/b28-17+/t30-/m1/s1. The molecule has 1 N–H and O–H groups in total. The number of allylic oxidation sites excluding steroid dienone is 1. The van der Waals surface area contributed by atoms with Crippen molar-refractivity contribution in [3.63, 3.8) is 0 Å². The van der Waals surface area contributed by atoms with Crippen LogP contribution in [0.1, 0.15) is 53.9 Å². The smallest absolute Gasteiger partial charge is 0.338 e. The number of ether oxygens (including phenoxy) is 4. The van der Waals surface area contributed by atoms with Gasteiger partial charge in [-0.05, 0) is 79.9 Å². The predicted octanol–water partition coefficient (Wildman–Crippen LogP) is 4.48. The van der Waals surface area contributed by atoms with Crippen LogP contribution in [0, 0.1) is 0 Å². The Morgan fingerprint density at radius 2 is 1.71 bits per heavy atom. The summed E-state index contributed by atoms with van der Waals surface area (Å²) in [7, 11) is 1.55. The lowest BCUT2D eigenvalue weighted by Crippen LogP contribution is -2.40. The van der Waals surface area contributed by atoms with Gasteiger partial charge in [-0.3, -0.25) is 9.36 Å². The summed E-state index contributed by atoms with van der Waals surface area (Å²) >= 11 is 1.24. The highest BCUT2D eigenvalue weighted by Gasteiger charge is 2.34. The van der Waals surface area contributed by atoms with Crippen LogP contribution in [-0.2, 0) is 16.1 Å². The number of nitrogens with zero attached hydrogens (tertiary/aromatic N) is 2. The SMILES string of the molecule is CCOC(=O)C1=C(C)N=c2s/c(=C/c3ccc(OCc4ccc(C(=O)O)cc4)cc3)c(=O)n2[C@@H]1c1ccc(OC)c(OCC)c1. The molecule has 45 heavy (non-hydrogen) atoms. The van der Waals surface area contributed by atoms with E-state index in [0.717, 1.165) is 11.1 Å². The number of esters is 1. The number of carbonyl (C=O) groups is 2. The quantitative estimate of drug-likeness (QED) is 0.241. The lowest BCUT2D eigenvalue weighted by molar-refractivity contribution is -0.139. The first-order valence-corrected chi connectivity index (χ1v) is 15.1. The Hall–Kier alpha value is -5.16. The summed E-state index contributed by atoms with van der Waals surface area (Å²) in [6.45, 7) is 6.19. The molecule has 0 radical (unpaired) electrons. The first kappa shape index (κ1) is 31.3. The molecule has 1 atom stereocenters. The third-order valence-electron chi connectivity index (χ3n) is 7.10. The fourth-order valence-electron chi connectivity index (χ4n) is 4.96. The van der Waals surface area contributed by atoms with E-state index in [9.17, 15) is 14.4 Å². The number of carboxylic acids is 1. The topological polar surface area (TPSA) is 126 Å². The summed E-state index contributed by atoms with van der Waals surface area (Å²) in [5.41, 5.74) is 2.94. The molecular formula is C34H32N2O8S.